The first-order valence-corrected chi connectivity index (χ1v) is 17.0. The zero-order valence-electron chi connectivity index (χ0n) is 27.8. The third-order valence-electron chi connectivity index (χ3n) is 11.0. The van der Waals surface area contributed by atoms with Crippen molar-refractivity contribution >= 4 is 18.0 Å². The lowest BCUT2D eigenvalue weighted by Crippen LogP contribution is -2.79. The summed E-state index contributed by atoms with van der Waals surface area (Å²) in [4.78, 5) is 31.6. The Bertz CT molecular complexity index is 1620. The van der Waals surface area contributed by atoms with Crippen molar-refractivity contribution in [1.29, 1.82) is 0 Å². The van der Waals surface area contributed by atoms with Gasteiger partial charge in [0.1, 0.15) is 17.5 Å². The first-order valence-electron chi connectivity index (χ1n) is 17.0. The molecule has 1 amide bonds. The number of piperidine rings is 1. The van der Waals surface area contributed by atoms with Crippen molar-refractivity contribution in [2.45, 2.75) is 94.9 Å². The molecule has 0 radical (unpaired) electrons. The number of nitrogens with zero attached hydrogens (tertiary/aromatic N) is 2. The smallest absolute Gasteiger partial charge is 0.493 e. The summed E-state index contributed by atoms with van der Waals surface area (Å²) in [5, 5.41) is 0. The zero-order valence-corrected chi connectivity index (χ0v) is 27.8. The number of ether oxygens (including phenoxy) is 4. The van der Waals surface area contributed by atoms with Crippen LogP contribution in [0.15, 0.2) is 42.5 Å². The quantitative estimate of drug-likeness (QED) is 0.218. The maximum atomic E-state index is 14.2. The van der Waals surface area contributed by atoms with Gasteiger partial charge < -0.3 is 23.8 Å². The number of carbonyl (C=O) groups is 2. The molecule has 2 aromatic carbocycles. The largest absolute Gasteiger partial charge is 0.573 e. The number of methoxy groups -OCH3 is 1. The molecule has 2 heterocycles. The second kappa shape index (κ2) is 12.0. The van der Waals surface area contributed by atoms with Crippen LogP contribution in [0.5, 0.6) is 17.2 Å². The van der Waals surface area contributed by atoms with E-state index in [9.17, 15) is 22.8 Å². The molecule has 11 heteroatoms. The van der Waals surface area contributed by atoms with Gasteiger partial charge in [-0.15, -0.1) is 13.2 Å². The van der Waals surface area contributed by atoms with Crippen LogP contribution in [0, 0.1) is 11.8 Å². The summed E-state index contributed by atoms with van der Waals surface area (Å²) in [6, 6.07) is 9.24. The Morgan fingerprint density at radius 1 is 1.15 bits per heavy atom. The second-order valence-electron chi connectivity index (χ2n) is 14.5. The third kappa shape index (κ3) is 5.51. The summed E-state index contributed by atoms with van der Waals surface area (Å²) in [5.74, 6) is 1.14. The van der Waals surface area contributed by atoms with E-state index in [1.807, 2.05) is 24.8 Å². The molecular formula is C37H43F3N2O6. The lowest BCUT2D eigenvalue weighted by molar-refractivity contribution is -0.274. The van der Waals surface area contributed by atoms with Crippen molar-refractivity contribution in [2.75, 3.05) is 26.7 Å². The van der Waals surface area contributed by atoms with Crippen LogP contribution in [0.1, 0.15) is 69.6 Å². The molecule has 5 atom stereocenters. The average molecular weight is 669 g/mol. The van der Waals surface area contributed by atoms with Crippen LogP contribution < -0.4 is 14.2 Å². The fraction of sp³-hybridized carbons (Fsp3) is 0.568. The standard InChI is InChI=1S/C37H43F3N2O6/c1-22(2)20-42(31(44)13-10-24-6-5-7-27(18-24)48-37(38,39)40)28-14-15-36(47-23(3)43)30-19-26-11-12-29(45-4)33-32(26)35(36,34(28)46-33)16-17-41(30)21-25-8-9-25/h5-7,10-13,18,22,25,28,30,34H,8-9,14-17,19-21H2,1-4H3/b13-10+/t28?,30-,34?,35+,36-/m1/s1. The molecule has 1 saturated heterocycles. The predicted molar refractivity (Wildman–Crippen MR) is 172 cm³/mol. The number of esters is 1. The molecule has 5 aliphatic rings. The van der Waals surface area contributed by atoms with Crippen molar-refractivity contribution in [3.05, 3.63) is 59.2 Å². The van der Waals surface area contributed by atoms with Crippen LogP contribution in [0.4, 0.5) is 13.2 Å². The van der Waals surface area contributed by atoms with Gasteiger partial charge >= 0.3 is 12.3 Å². The zero-order chi connectivity index (χ0) is 34.0. The summed E-state index contributed by atoms with van der Waals surface area (Å²) in [6.07, 6.45) is 2.63. The number of hydrogen-bond acceptors (Lipinski definition) is 7. The van der Waals surface area contributed by atoms with Crippen molar-refractivity contribution in [1.82, 2.24) is 9.80 Å². The summed E-state index contributed by atoms with van der Waals surface area (Å²) in [5.41, 5.74) is 1.10. The van der Waals surface area contributed by atoms with Gasteiger partial charge in [-0.05, 0) is 92.3 Å². The molecule has 3 fully saturated rings. The van der Waals surface area contributed by atoms with Gasteiger partial charge in [0.2, 0.25) is 5.91 Å². The van der Waals surface area contributed by atoms with E-state index in [1.165, 1.54) is 55.7 Å². The Balaban J connectivity index is 1.29. The number of rotatable bonds is 10. The molecule has 258 valence electrons. The molecule has 0 aromatic heterocycles. The minimum absolute atomic E-state index is 0.0185. The van der Waals surface area contributed by atoms with E-state index < -0.39 is 23.5 Å². The number of hydrogen-bond donors (Lipinski definition) is 0. The number of benzene rings is 2. The van der Waals surface area contributed by atoms with Crippen LogP contribution in [0.3, 0.4) is 0 Å². The highest BCUT2D eigenvalue weighted by Gasteiger charge is 2.76. The summed E-state index contributed by atoms with van der Waals surface area (Å²) < 4.78 is 62.1. The Labute approximate surface area is 279 Å². The van der Waals surface area contributed by atoms with Crippen LogP contribution in [0.2, 0.25) is 0 Å². The second-order valence-corrected chi connectivity index (χ2v) is 14.5. The maximum Gasteiger partial charge on any atom is 0.573 e. The highest BCUT2D eigenvalue weighted by Crippen LogP contribution is 2.67. The summed E-state index contributed by atoms with van der Waals surface area (Å²) >= 11 is 0. The number of alkyl halides is 3. The number of amides is 1. The minimum Gasteiger partial charge on any atom is -0.493 e. The molecule has 3 aliphatic carbocycles. The van der Waals surface area contributed by atoms with Crippen LogP contribution >= 0.6 is 0 Å². The number of likely N-dealkylation sites (tertiary alicyclic amines) is 1. The number of halogens is 3. The minimum atomic E-state index is -4.82. The Hall–Kier alpha value is -3.73. The lowest BCUT2D eigenvalue weighted by atomic mass is 9.48. The van der Waals surface area contributed by atoms with Gasteiger partial charge in [-0.3, -0.25) is 14.5 Å². The monoisotopic (exact) mass is 668 g/mol. The van der Waals surface area contributed by atoms with Crippen molar-refractivity contribution < 1.29 is 41.7 Å². The Morgan fingerprint density at radius 2 is 1.94 bits per heavy atom. The molecule has 0 N–H and O–H groups in total. The molecule has 2 saturated carbocycles. The highest BCUT2D eigenvalue weighted by molar-refractivity contribution is 5.92. The molecule has 2 aromatic rings. The van der Waals surface area contributed by atoms with E-state index >= 15 is 0 Å². The summed E-state index contributed by atoms with van der Waals surface area (Å²) in [6.45, 7) is 7.84. The fourth-order valence-corrected chi connectivity index (χ4v) is 9.22. The van der Waals surface area contributed by atoms with E-state index in [2.05, 4.69) is 15.7 Å². The molecule has 2 unspecified atom stereocenters. The molecule has 48 heavy (non-hydrogen) atoms. The molecule has 2 aliphatic heterocycles. The van der Waals surface area contributed by atoms with Crippen molar-refractivity contribution in [2.24, 2.45) is 11.8 Å². The van der Waals surface area contributed by atoms with Crippen LogP contribution in [-0.4, -0.2) is 78.6 Å². The molecule has 1 spiro atoms. The van der Waals surface area contributed by atoms with Gasteiger partial charge in [0, 0.05) is 31.7 Å². The van der Waals surface area contributed by atoms with E-state index in [1.54, 1.807) is 13.2 Å². The van der Waals surface area contributed by atoms with Gasteiger partial charge in [0.25, 0.3) is 0 Å². The van der Waals surface area contributed by atoms with Gasteiger partial charge in [0.15, 0.2) is 11.5 Å². The van der Waals surface area contributed by atoms with Gasteiger partial charge in [0.05, 0.1) is 24.6 Å². The number of carbonyl (C=O) groups excluding carboxylic acids is 2. The lowest BCUT2D eigenvalue weighted by Gasteiger charge is -2.65. The highest BCUT2D eigenvalue weighted by atomic mass is 19.4. The maximum absolute atomic E-state index is 14.2. The SMILES string of the molecule is COc1ccc2c3c1OC1C(N(CC(C)C)C(=O)/C=C/c4cccc(OC(F)(F)F)c4)CC[C@@]4(OC(C)=O)[C@@H](C2)N(CC2CC2)CC[C@]314. The molecule has 8 nitrogen and oxygen atoms in total. The van der Waals surface area contributed by atoms with Gasteiger partial charge in [-0.25, -0.2) is 0 Å². The van der Waals surface area contributed by atoms with Crippen molar-refractivity contribution in [3.63, 3.8) is 0 Å². The van der Waals surface area contributed by atoms with Gasteiger partial charge in [-0.2, -0.15) is 0 Å². The fourth-order valence-electron chi connectivity index (χ4n) is 9.22. The average Bonchev–Trinajstić information content (AvgIpc) is 3.76. The Morgan fingerprint density at radius 3 is 2.62 bits per heavy atom. The van der Waals surface area contributed by atoms with Crippen LogP contribution in [-0.2, 0) is 26.2 Å². The normalized spacial score (nSPS) is 29.0. The molecule has 7 rings (SSSR count). The first kappa shape index (κ1) is 32.8. The predicted octanol–water partition coefficient (Wildman–Crippen LogP) is 6.30. The van der Waals surface area contributed by atoms with Crippen LogP contribution in [0.25, 0.3) is 6.08 Å². The Kier molecular flexibility index (Phi) is 8.20. The van der Waals surface area contributed by atoms with Gasteiger partial charge in [-0.1, -0.05) is 32.0 Å². The molecular weight excluding hydrogens is 625 g/mol. The van der Waals surface area contributed by atoms with E-state index in [0.717, 1.165) is 25.1 Å². The first-order chi connectivity index (χ1) is 22.8. The van der Waals surface area contributed by atoms with E-state index in [4.69, 9.17) is 14.2 Å². The van der Waals surface area contributed by atoms with E-state index in [-0.39, 0.29) is 35.6 Å². The van der Waals surface area contributed by atoms with Crippen molar-refractivity contribution in [3.8, 4) is 17.2 Å². The third-order valence-corrected chi connectivity index (χ3v) is 11.0. The topological polar surface area (TPSA) is 77.5 Å². The summed E-state index contributed by atoms with van der Waals surface area (Å²) in [7, 11) is 1.62. The van der Waals surface area contributed by atoms with E-state index in [0.29, 0.717) is 48.8 Å². The molecule has 2 bridgehead atoms.